The third kappa shape index (κ3) is 1.82. The molecule has 0 bridgehead atoms. The molecular formula is C15H18N2O2. The van der Waals surface area contributed by atoms with E-state index in [9.17, 15) is 9.59 Å². The molecule has 0 aliphatic carbocycles. The van der Waals surface area contributed by atoms with Crippen LogP contribution < -0.4 is 9.80 Å². The van der Waals surface area contributed by atoms with E-state index in [0.717, 1.165) is 30.9 Å². The van der Waals surface area contributed by atoms with E-state index in [1.165, 1.54) is 4.90 Å². The van der Waals surface area contributed by atoms with Crippen molar-refractivity contribution in [1.29, 1.82) is 0 Å². The van der Waals surface area contributed by atoms with Crippen molar-refractivity contribution >= 4 is 23.1 Å². The second-order valence-corrected chi connectivity index (χ2v) is 6.23. The van der Waals surface area contributed by atoms with Crippen LogP contribution in [0.1, 0.15) is 30.6 Å². The third-order valence-electron chi connectivity index (χ3n) is 4.13. The second-order valence-electron chi connectivity index (χ2n) is 6.23. The Morgan fingerprint density at radius 2 is 1.95 bits per heavy atom. The molecule has 1 aromatic rings. The van der Waals surface area contributed by atoms with Crippen LogP contribution >= 0.6 is 0 Å². The topological polar surface area (TPSA) is 40.6 Å². The molecule has 2 aliphatic heterocycles. The minimum absolute atomic E-state index is 0.330. The fourth-order valence-electron chi connectivity index (χ4n) is 2.90. The first-order valence-electron chi connectivity index (χ1n) is 6.60. The molecule has 0 radical (unpaired) electrons. The summed E-state index contributed by atoms with van der Waals surface area (Å²) in [7, 11) is 1.66. The molecular weight excluding hydrogens is 240 g/mol. The number of nitrogens with zero attached hydrogens (tertiary/aromatic N) is 2. The van der Waals surface area contributed by atoms with Gasteiger partial charge in [0, 0.05) is 25.8 Å². The Labute approximate surface area is 113 Å². The Kier molecular flexibility index (Phi) is 2.46. The van der Waals surface area contributed by atoms with Crippen LogP contribution in [0.3, 0.4) is 0 Å². The molecule has 1 aromatic carbocycles. The molecule has 4 nitrogen and oxygen atoms in total. The smallest absolute Gasteiger partial charge is 0.299 e. The molecule has 3 rings (SSSR count). The number of hydrogen-bond acceptors (Lipinski definition) is 3. The molecule has 0 spiro atoms. The third-order valence-corrected chi connectivity index (χ3v) is 4.13. The lowest BCUT2D eigenvalue weighted by Crippen LogP contribution is -2.25. The highest BCUT2D eigenvalue weighted by Crippen LogP contribution is 2.36. The molecule has 0 N–H and O–H groups in total. The van der Waals surface area contributed by atoms with Gasteiger partial charge < -0.3 is 9.80 Å². The van der Waals surface area contributed by atoms with Crippen LogP contribution in [0, 0.1) is 5.41 Å². The summed E-state index contributed by atoms with van der Waals surface area (Å²) in [4.78, 5) is 27.2. The summed E-state index contributed by atoms with van der Waals surface area (Å²) in [5.41, 5.74) is 2.68. The molecule has 1 amide bonds. The maximum Gasteiger partial charge on any atom is 0.299 e. The van der Waals surface area contributed by atoms with Crippen LogP contribution in [0.15, 0.2) is 18.2 Å². The lowest BCUT2D eigenvalue weighted by Gasteiger charge is -2.22. The molecule has 0 atom stereocenters. The Bertz CT molecular complexity index is 578. The first kappa shape index (κ1) is 12.2. The SMILES string of the molecule is CN1C(=O)C(=O)c2ccc(N3CCC(C)(C)C3)cc21. The predicted octanol–water partition coefficient (Wildman–Crippen LogP) is 2.08. The number of amides is 1. The average molecular weight is 258 g/mol. The molecule has 2 aliphatic rings. The summed E-state index contributed by atoms with van der Waals surface area (Å²) < 4.78 is 0. The van der Waals surface area contributed by atoms with Gasteiger partial charge in [-0.2, -0.15) is 0 Å². The van der Waals surface area contributed by atoms with Crippen molar-refractivity contribution in [2.75, 3.05) is 29.9 Å². The van der Waals surface area contributed by atoms with Crippen LogP contribution in [0.2, 0.25) is 0 Å². The Morgan fingerprint density at radius 1 is 1.21 bits per heavy atom. The zero-order valence-electron chi connectivity index (χ0n) is 11.6. The van der Waals surface area contributed by atoms with Crippen molar-refractivity contribution in [2.45, 2.75) is 20.3 Å². The maximum atomic E-state index is 11.7. The zero-order chi connectivity index (χ0) is 13.8. The number of carbonyl (C=O) groups excluding carboxylic acids is 2. The van der Waals surface area contributed by atoms with Gasteiger partial charge >= 0.3 is 0 Å². The number of fused-ring (bicyclic) bond motifs is 1. The number of hydrogen-bond donors (Lipinski definition) is 0. The summed E-state index contributed by atoms with van der Waals surface area (Å²) >= 11 is 0. The fraction of sp³-hybridized carbons (Fsp3) is 0.467. The molecule has 1 fully saturated rings. The Morgan fingerprint density at radius 3 is 2.58 bits per heavy atom. The summed E-state index contributed by atoms with van der Waals surface area (Å²) in [6, 6.07) is 5.68. The minimum atomic E-state index is -0.436. The van der Waals surface area contributed by atoms with Crippen molar-refractivity contribution in [1.82, 2.24) is 0 Å². The average Bonchev–Trinajstić information content (AvgIpc) is 2.84. The van der Waals surface area contributed by atoms with Crippen molar-refractivity contribution < 1.29 is 9.59 Å². The van der Waals surface area contributed by atoms with Gasteiger partial charge in [-0.3, -0.25) is 9.59 Å². The van der Waals surface area contributed by atoms with Gasteiger partial charge in [0.1, 0.15) is 0 Å². The van der Waals surface area contributed by atoms with Gasteiger partial charge in [0.25, 0.3) is 11.7 Å². The number of benzene rings is 1. The number of ketones is 1. The number of carbonyl (C=O) groups is 2. The van der Waals surface area contributed by atoms with E-state index in [2.05, 4.69) is 18.7 Å². The highest BCUT2D eigenvalue weighted by atomic mass is 16.2. The Hall–Kier alpha value is -1.84. The van der Waals surface area contributed by atoms with E-state index >= 15 is 0 Å². The molecule has 100 valence electrons. The van der Waals surface area contributed by atoms with Crippen molar-refractivity contribution in [3.63, 3.8) is 0 Å². The standard InChI is InChI=1S/C15H18N2O2/c1-15(2)6-7-17(9-15)10-4-5-11-12(8-10)16(3)14(19)13(11)18/h4-5,8H,6-7,9H2,1-3H3. The molecule has 0 aromatic heterocycles. The van der Waals surface area contributed by atoms with Crippen molar-refractivity contribution in [3.05, 3.63) is 23.8 Å². The van der Waals surface area contributed by atoms with Crippen LogP contribution in [0.5, 0.6) is 0 Å². The number of likely N-dealkylation sites (N-methyl/N-ethyl adjacent to an activating group) is 1. The van der Waals surface area contributed by atoms with E-state index in [0.29, 0.717) is 11.0 Å². The van der Waals surface area contributed by atoms with Gasteiger partial charge in [0.05, 0.1) is 11.3 Å². The van der Waals surface area contributed by atoms with Gasteiger partial charge in [0.15, 0.2) is 0 Å². The van der Waals surface area contributed by atoms with E-state index in [-0.39, 0.29) is 0 Å². The fourth-order valence-corrected chi connectivity index (χ4v) is 2.90. The molecule has 0 unspecified atom stereocenters. The van der Waals surface area contributed by atoms with Crippen LogP contribution in [0.25, 0.3) is 0 Å². The monoisotopic (exact) mass is 258 g/mol. The van der Waals surface area contributed by atoms with Gasteiger partial charge in [-0.1, -0.05) is 13.8 Å². The molecule has 2 heterocycles. The van der Waals surface area contributed by atoms with Crippen LogP contribution in [0.4, 0.5) is 11.4 Å². The van der Waals surface area contributed by atoms with Gasteiger partial charge in [-0.15, -0.1) is 0 Å². The number of anilines is 2. The lowest BCUT2D eigenvalue weighted by molar-refractivity contribution is -0.114. The van der Waals surface area contributed by atoms with E-state index in [1.807, 2.05) is 12.1 Å². The molecule has 0 saturated carbocycles. The minimum Gasteiger partial charge on any atom is -0.371 e. The van der Waals surface area contributed by atoms with Crippen LogP contribution in [-0.2, 0) is 4.79 Å². The Balaban J connectivity index is 1.96. The lowest BCUT2D eigenvalue weighted by atomic mass is 9.93. The summed E-state index contributed by atoms with van der Waals surface area (Å²) in [6.45, 7) is 6.56. The largest absolute Gasteiger partial charge is 0.371 e. The summed E-state index contributed by atoms with van der Waals surface area (Å²) in [5, 5.41) is 0. The van der Waals surface area contributed by atoms with E-state index < -0.39 is 11.7 Å². The highest BCUT2D eigenvalue weighted by molar-refractivity contribution is 6.52. The van der Waals surface area contributed by atoms with Gasteiger partial charge in [0.2, 0.25) is 0 Å². The van der Waals surface area contributed by atoms with E-state index in [4.69, 9.17) is 0 Å². The highest BCUT2D eigenvalue weighted by Gasteiger charge is 2.35. The molecule has 1 saturated heterocycles. The summed E-state index contributed by atoms with van der Waals surface area (Å²) in [6.07, 6.45) is 1.16. The molecule has 19 heavy (non-hydrogen) atoms. The van der Waals surface area contributed by atoms with Crippen molar-refractivity contribution in [3.8, 4) is 0 Å². The number of rotatable bonds is 1. The van der Waals surface area contributed by atoms with E-state index in [1.54, 1.807) is 13.1 Å². The first-order chi connectivity index (χ1) is 8.89. The van der Waals surface area contributed by atoms with Gasteiger partial charge in [-0.05, 0) is 30.0 Å². The number of Topliss-reactive ketones (excluding diaryl/α,β-unsaturated/α-hetero) is 1. The zero-order valence-corrected chi connectivity index (χ0v) is 11.6. The predicted molar refractivity (Wildman–Crippen MR) is 74.8 cm³/mol. The van der Waals surface area contributed by atoms with Crippen LogP contribution in [-0.4, -0.2) is 31.8 Å². The first-order valence-corrected chi connectivity index (χ1v) is 6.60. The summed E-state index contributed by atoms with van der Waals surface area (Å²) in [5.74, 6) is -0.834. The normalized spacial score (nSPS) is 21.2. The maximum absolute atomic E-state index is 11.7. The van der Waals surface area contributed by atoms with Gasteiger partial charge in [-0.25, -0.2) is 0 Å². The quantitative estimate of drug-likeness (QED) is 0.724. The second kappa shape index (κ2) is 3.83. The van der Waals surface area contributed by atoms with Crippen molar-refractivity contribution in [2.24, 2.45) is 5.41 Å². The molecule has 4 heteroatoms.